The maximum atomic E-state index is 11.1. The Bertz CT molecular complexity index is 842. The molecule has 0 saturated heterocycles. The van der Waals surface area contributed by atoms with Crippen LogP contribution >= 0.6 is 0 Å². The van der Waals surface area contributed by atoms with Crippen LogP contribution in [0.2, 0.25) is 0 Å². The number of ketones is 1. The van der Waals surface area contributed by atoms with Crippen molar-refractivity contribution in [3.05, 3.63) is 59.9 Å². The number of allylic oxidation sites excluding steroid dienone is 1. The highest BCUT2D eigenvalue weighted by Crippen LogP contribution is 2.25. The van der Waals surface area contributed by atoms with E-state index in [1.165, 1.54) is 5.56 Å². The third-order valence-electron chi connectivity index (χ3n) is 3.76. The van der Waals surface area contributed by atoms with E-state index in [4.69, 9.17) is 0 Å². The summed E-state index contributed by atoms with van der Waals surface area (Å²) >= 11 is 0. The SMILES string of the molecule is CCc1ccc(-c2cnc3[nH]cc(/C=C/C(C)=O)c3c2)cc1. The van der Waals surface area contributed by atoms with Crippen LogP contribution in [0.5, 0.6) is 0 Å². The molecule has 3 heteroatoms. The number of nitrogens with zero attached hydrogens (tertiary/aromatic N) is 1. The second-order valence-electron chi connectivity index (χ2n) is 5.36. The molecule has 110 valence electrons. The van der Waals surface area contributed by atoms with Gasteiger partial charge in [0.2, 0.25) is 0 Å². The number of H-pyrrole nitrogens is 1. The molecule has 3 rings (SSSR count). The van der Waals surface area contributed by atoms with Crippen molar-refractivity contribution in [1.82, 2.24) is 9.97 Å². The van der Waals surface area contributed by atoms with Crippen LogP contribution in [-0.4, -0.2) is 15.8 Å². The molecule has 3 aromatic rings. The Balaban J connectivity index is 2.03. The first-order valence-electron chi connectivity index (χ1n) is 7.42. The minimum atomic E-state index is 0.0358. The number of carbonyl (C=O) groups is 1. The molecular weight excluding hydrogens is 272 g/mol. The van der Waals surface area contributed by atoms with Gasteiger partial charge in [0.15, 0.2) is 5.78 Å². The average Bonchev–Trinajstić information content (AvgIpc) is 2.95. The van der Waals surface area contributed by atoms with Crippen LogP contribution in [0.15, 0.2) is 48.8 Å². The number of nitrogens with one attached hydrogen (secondary N) is 1. The summed E-state index contributed by atoms with van der Waals surface area (Å²) in [6, 6.07) is 10.7. The highest BCUT2D eigenvalue weighted by molar-refractivity contribution is 5.96. The van der Waals surface area contributed by atoms with Crippen LogP contribution in [0.3, 0.4) is 0 Å². The molecule has 0 saturated carbocycles. The molecule has 1 N–H and O–H groups in total. The molecule has 0 bridgehead atoms. The second kappa shape index (κ2) is 5.98. The van der Waals surface area contributed by atoms with E-state index in [0.29, 0.717) is 0 Å². The van der Waals surface area contributed by atoms with E-state index in [1.807, 2.05) is 18.5 Å². The van der Waals surface area contributed by atoms with Gasteiger partial charge in [-0.3, -0.25) is 4.79 Å². The highest BCUT2D eigenvalue weighted by Gasteiger charge is 2.05. The molecule has 22 heavy (non-hydrogen) atoms. The number of benzene rings is 1. The zero-order valence-corrected chi connectivity index (χ0v) is 12.8. The molecule has 0 aliphatic heterocycles. The number of hydrogen-bond donors (Lipinski definition) is 1. The number of hydrogen-bond acceptors (Lipinski definition) is 2. The van der Waals surface area contributed by atoms with Crippen molar-refractivity contribution in [2.45, 2.75) is 20.3 Å². The van der Waals surface area contributed by atoms with Crippen LogP contribution in [0.4, 0.5) is 0 Å². The number of rotatable bonds is 4. The molecule has 2 aromatic heterocycles. The summed E-state index contributed by atoms with van der Waals surface area (Å²) in [6.45, 7) is 3.69. The molecule has 0 aliphatic carbocycles. The van der Waals surface area contributed by atoms with Crippen LogP contribution in [0, 0.1) is 0 Å². The number of aromatic amines is 1. The molecule has 0 radical (unpaired) electrons. The van der Waals surface area contributed by atoms with Gasteiger partial charge in [-0.1, -0.05) is 31.2 Å². The van der Waals surface area contributed by atoms with Gasteiger partial charge < -0.3 is 4.98 Å². The fraction of sp³-hybridized carbons (Fsp3) is 0.158. The Kier molecular flexibility index (Phi) is 3.88. The predicted molar refractivity (Wildman–Crippen MR) is 90.6 cm³/mol. The molecular formula is C19H18N2O. The van der Waals surface area contributed by atoms with Crippen LogP contribution < -0.4 is 0 Å². The van der Waals surface area contributed by atoms with Crippen molar-refractivity contribution in [3.8, 4) is 11.1 Å². The molecule has 1 aromatic carbocycles. The first-order chi connectivity index (χ1) is 10.7. The van der Waals surface area contributed by atoms with Crippen LogP contribution in [0.25, 0.3) is 28.2 Å². The zero-order chi connectivity index (χ0) is 15.5. The van der Waals surface area contributed by atoms with E-state index in [2.05, 4.69) is 47.2 Å². The van der Waals surface area contributed by atoms with Crippen molar-refractivity contribution in [1.29, 1.82) is 0 Å². The van der Waals surface area contributed by atoms with Gasteiger partial charge >= 0.3 is 0 Å². The number of aryl methyl sites for hydroxylation is 1. The standard InChI is InChI=1S/C19H18N2O/c1-3-14-5-8-15(9-6-14)17-10-18-16(7-4-13(2)22)11-20-19(18)21-12-17/h4-12H,3H2,1-2H3,(H,20,21)/b7-4+. The Morgan fingerprint density at radius 2 is 2.00 bits per heavy atom. The fourth-order valence-corrected chi connectivity index (χ4v) is 2.46. The lowest BCUT2D eigenvalue weighted by molar-refractivity contribution is -0.112. The number of aromatic nitrogens is 2. The monoisotopic (exact) mass is 290 g/mol. The van der Waals surface area contributed by atoms with E-state index in [1.54, 1.807) is 13.0 Å². The number of pyridine rings is 1. The van der Waals surface area contributed by atoms with E-state index in [9.17, 15) is 4.79 Å². The Morgan fingerprint density at radius 1 is 1.23 bits per heavy atom. The summed E-state index contributed by atoms with van der Waals surface area (Å²) < 4.78 is 0. The second-order valence-corrected chi connectivity index (χ2v) is 5.36. The number of carbonyl (C=O) groups excluding carboxylic acids is 1. The third kappa shape index (κ3) is 2.84. The lowest BCUT2D eigenvalue weighted by Gasteiger charge is -2.03. The zero-order valence-electron chi connectivity index (χ0n) is 12.8. The van der Waals surface area contributed by atoms with Crippen molar-refractivity contribution in [3.63, 3.8) is 0 Å². The van der Waals surface area contributed by atoms with Gasteiger partial charge in [0.25, 0.3) is 0 Å². The first kappa shape index (κ1) is 14.3. The van der Waals surface area contributed by atoms with Crippen molar-refractivity contribution >= 4 is 22.9 Å². The maximum absolute atomic E-state index is 11.1. The van der Waals surface area contributed by atoms with Gasteiger partial charge in [-0.25, -0.2) is 4.98 Å². The summed E-state index contributed by atoms with van der Waals surface area (Å²) in [7, 11) is 0. The van der Waals surface area contributed by atoms with Crippen LogP contribution in [0.1, 0.15) is 25.0 Å². The summed E-state index contributed by atoms with van der Waals surface area (Å²) in [4.78, 5) is 18.7. The van der Waals surface area contributed by atoms with Gasteiger partial charge in [-0.2, -0.15) is 0 Å². The minimum absolute atomic E-state index is 0.0358. The molecule has 0 spiro atoms. The molecule has 2 heterocycles. The van der Waals surface area contributed by atoms with Crippen molar-refractivity contribution in [2.24, 2.45) is 0 Å². The Hall–Kier alpha value is -2.68. The van der Waals surface area contributed by atoms with Gasteiger partial charge in [0.05, 0.1) is 0 Å². The molecule has 0 amide bonds. The Morgan fingerprint density at radius 3 is 2.68 bits per heavy atom. The molecule has 3 nitrogen and oxygen atoms in total. The summed E-state index contributed by atoms with van der Waals surface area (Å²) in [5, 5.41) is 1.02. The smallest absolute Gasteiger partial charge is 0.152 e. The van der Waals surface area contributed by atoms with E-state index in [0.717, 1.165) is 34.1 Å². The lowest BCUT2D eigenvalue weighted by atomic mass is 10.0. The van der Waals surface area contributed by atoms with E-state index >= 15 is 0 Å². The largest absolute Gasteiger partial charge is 0.346 e. The van der Waals surface area contributed by atoms with Gasteiger partial charge in [-0.15, -0.1) is 0 Å². The summed E-state index contributed by atoms with van der Waals surface area (Å²) in [6.07, 6.45) is 8.19. The average molecular weight is 290 g/mol. The summed E-state index contributed by atoms with van der Waals surface area (Å²) in [5.41, 5.74) is 5.35. The normalized spacial score (nSPS) is 11.4. The summed E-state index contributed by atoms with van der Waals surface area (Å²) in [5.74, 6) is 0.0358. The fourth-order valence-electron chi connectivity index (χ4n) is 2.46. The number of fused-ring (bicyclic) bond motifs is 1. The van der Waals surface area contributed by atoms with Gasteiger partial charge in [0, 0.05) is 28.9 Å². The van der Waals surface area contributed by atoms with Crippen molar-refractivity contribution in [2.75, 3.05) is 0 Å². The van der Waals surface area contributed by atoms with Gasteiger partial charge in [0.1, 0.15) is 5.65 Å². The lowest BCUT2D eigenvalue weighted by Crippen LogP contribution is -1.84. The van der Waals surface area contributed by atoms with Crippen molar-refractivity contribution < 1.29 is 4.79 Å². The first-order valence-corrected chi connectivity index (χ1v) is 7.42. The predicted octanol–water partition coefficient (Wildman–Crippen LogP) is 4.39. The van der Waals surface area contributed by atoms with Crippen LogP contribution in [-0.2, 0) is 11.2 Å². The minimum Gasteiger partial charge on any atom is -0.346 e. The highest BCUT2D eigenvalue weighted by atomic mass is 16.1. The molecule has 0 fully saturated rings. The topological polar surface area (TPSA) is 45.8 Å². The quantitative estimate of drug-likeness (QED) is 0.724. The molecule has 0 atom stereocenters. The molecule has 0 unspecified atom stereocenters. The Labute approximate surface area is 129 Å². The molecule has 0 aliphatic rings. The maximum Gasteiger partial charge on any atom is 0.152 e. The van der Waals surface area contributed by atoms with E-state index < -0.39 is 0 Å². The van der Waals surface area contributed by atoms with E-state index in [-0.39, 0.29) is 5.78 Å². The third-order valence-corrected chi connectivity index (χ3v) is 3.76. The van der Waals surface area contributed by atoms with Gasteiger partial charge in [-0.05, 0) is 42.7 Å².